The molecular formula is C54H110N2O5. The molecule has 0 saturated heterocycles. The smallest absolute Gasteiger partial charge is 0.305 e. The van der Waals surface area contributed by atoms with E-state index < -0.39 is 0 Å². The number of unbranched alkanes of at least 4 members (excludes halogenated alkanes) is 24. The summed E-state index contributed by atoms with van der Waals surface area (Å²) in [5, 5.41) is 3.08. The van der Waals surface area contributed by atoms with Crippen LogP contribution in [0.2, 0.25) is 0 Å². The first-order chi connectivity index (χ1) is 30.0. The zero-order chi connectivity index (χ0) is 45.7. The summed E-state index contributed by atoms with van der Waals surface area (Å²) in [5.41, 5.74) is 0. The quantitative estimate of drug-likeness (QED) is 0.0344. The molecule has 0 N–H and O–H groups in total. The molecule has 7 heteroatoms. The Hall–Kier alpha value is -1.50. The van der Waals surface area contributed by atoms with Crippen LogP contribution >= 0.6 is 0 Å². The van der Waals surface area contributed by atoms with Crippen molar-refractivity contribution in [2.75, 3.05) is 39.4 Å². The summed E-state index contributed by atoms with van der Waals surface area (Å²) in [7, 11) is 0. The molecular weight excluding hydrogens is 757 g/mol. The van der Waals surface area contributed by atoms with E-state index >= 15 is 0 Å². The second-order valence-corrected chi connectivity index (χ2v) is 17.6. The summed E-state index contributed by atoms with van der Waals surface area (Å²) in [4.78, 5) is 38.8. The molecule has 0 fully saturated rings. The van der Waals surface area contributed by atoms with Gasteiger partial charge in [0.05, 0.1) is 19.8 Å². The van der Waals surface area contributed by atoms with Crippen LogP contribution in [0.25, 0.3) is 0 Å². The van der Waals surface area contributed by atoms with Gasteiger partial charge in [-0.15, -0.1) is 0 Å². The summed E-state index contributed by atoms with van der Waals surface area (Å²) in [5.74, 6) is 0.703. The van der Waals surface area contributed by atoms with Crippen molar-refractivity contribution in [1.82, 2.24) is 4.90 Å². The van der Waals surface area contributed by atoms with Crippen LogP contribution in [0.1, 0.15) is 287 Å². The van der Waals surface area contributed by atoms with E-state index in [0.717, 1.165) is 25.7 Å². The van der Waals surface area contributed by atoms with Crippen molar-refractivity contribution in [3.8, 4) is 0 Å². The van der Waals surface area contributed by atoms with Crippen molar-refractivity contribution in [2.24, 2.45) is 17.0 Å². The Morgan fingerprint density at radius 1 is 0.393 bits per heavy atom. The van der Waals surface area contributed by atoms with E-state index in [1.165, 1.54) is 180 Å². The topological polar surface area (TPSA) is 85.3 Å². The number of esters is 2. The molecule has 61 heavy (non-hydrogen) atoms. The summed E-state index contributed by atoms with van der Waals surface area (Å²) in [6, 6.07) is 0. The van der Waals surface area contributed by atoms with Gasteiger partial charge in [0.2, 0.25) is 0 Å². The van der Waals surface area contributed by atoms with Gasteiger partial charge in [0.15, 0.2) is 0 Å². The molecule has 0 aromatic rings. The Bertz CT molecular complexity index is 793. The maximum atomic E-state index is 12.8. The first-order valence-electron chi connectivity index (χ1n) is 27.3. The molecule has 0 aliphatic rings. The minimum atomic E-state index is -0.113. The monoisotopic (exact) mass is 867 g/mol. The SMILES string of the molecule is CC.CC.CCCCCCCCCCC(CCCCCCCC)COC(=O)CCCN(CCCC(=O)OCC(CCCCCCCC)CCCCCCCCCC)CCN=O. The van der Waals surface area contributed by atoms with Gasteiger partial charge in [-0.1, -0.05) is 240 Å². The molecule has 0 rings (SSSR count). The third-order valence-corrected chi connectivity index (χ3v) is 12.0. The predicted octanol–water partition coefficient (Wildman–Crippen LogP) is 17.5. The van der Waals surface area contributed by atoms with Crippen LogP contribution in [-0.4, -0.2) is 56.2 Å². The van der Waals surface area contributed by atoms with E-state index in [1.54, 1.807) is 0 Å². The number of carbonyl (C=O) groups excluding carboxylic acids is 2. The standard InChI is InChI=1S/C50H98N2O5.2C2H6/c1-5-9-13-17-21-23-27-31-37-47(35-29-25-19-15-11-7-3)45-56-49(53)39-33-42-52(44-41-51-55)43-34-40-50(54)57-46-48(36-30-26-20-16-12-8-4)38-32-28-24-22-18-14-10-6-2;2*1-2/h47-48H,5-46H2,1-4H3;2*1-2H3. The number of carbonyl (C=O) groups is 2. The summed E-state index contributed by atoms with van der Waals surface area (Å²) in [6.07, 6.45) is 43.4. The Morgan fingerprint density at radius 2 is 0.656 bits per heavy atom. The second kappa shape index (κ2) is 56.5. The van der Waals surface area contributed by atoms with Crippen molar-refractivity contribution < 1.29 is 19.1 Å². The van der Waals surface area contributed by atoms with E-state index in [2.05, 4.69) is 37.8 Å². The molecule has 0 amide bonds. The van der Waals surface area contributed by atoms with Crippen LogP contribution in [0.4, 0.5) is 0 Å². The maximum Gasteiger partial charge on any atom is 0.305 e. The molecule has 0 saturated carbocycles. The maximum absolute atomic E-state index is 12.8. The minimum Gasteiger partial charge on any atom is -0.465 e. The lowest BCUT2D eigenvalue weighted by molar-refractivity contribution is -0.146. The van der Waals surface area contributed by atoms with Crippen LogP contribution in [0.5, 0.6) is 0 Å². The molecule has 0 aromatic heterocycles. The van der Waals surface area contributed by atoms with Gasteiger partial charge >= 0.3 is 11.9 Å². The predicted molar refractivity (Wildman–Crippen MR) is 268 cm³/mol. The normalized spacial score (nSPS) is 12.0. The van der Waals surface area contributed by atoms with Gasteiger partial charge < -0.3 is 14.4 Å². The van der Waals surface area contributed by atoms with E-state index in [0.29, 0.717) is 70.4 Å². The molecule has 2 unspecified atom stereocenters. The van der Waals surface area contributed by atoms with Gasteiger partial charge in [-0.25, -0.2) is 0 Å². The lowest BCUT2D eigenvalue weighted by atomic mass is 9.94. The Balaban J connectivity index is -0.00000814. The van der Waals surface area contributed by atoms with Crippen molar-refractivity contribution in [3.05, 3.63) is 4.91 Å². The fourth-order valence-corrected chi connectivity index (χ4v) is 8.16. The van der Waals surface area contributed by atoms with E-state index in [4.69, 9.17) is 9.47 Å². The van der Waals surface area contributed by atoms with Crippen LogP contribution < -0.4 is 0 Å². The molecule has 0 bridgehead atoms. The van der Waals surface area contributed by atoms with Crippen molar-refractivity contribution >= 4 is 11.9 Å². The van der Waals surface area contributed by atoms with Crippen LogP contribution in [-0.2, 0) is 19.1 Å². The number of nitrogens with zero attached hydrogens (tertiary/aromatic N) is 2. The van der Waals surface area contributed by atoms with Gasteiger partial charge in [0.25, 0.3) is 0 Å². The summed E-state index contributed by atoms with van der Waals surface area (Å²) < 4.78 is 11.7. The first kappa shape index (κ1) is 63.8. The average Bonchev–Trinajstić information content (AvgIpc) is 3.28. The lowest BCUT2D eigenvalue weighted by Gasteiger charge is -2.21. The van der Waals surface area contributed by atoms with Gasteiger partial charge in [0.1, 0.15) is 0 Å². The molecule has 0 aromatic carbocycles. The molecule has 0 radical (unpaired) electrons. The van der Waals surface area contributed by atoms with E-state index in [9.17, 15) is 14.5 Å². The van der Waals surface area contributed by atoms with Gasteiger partial charge in [0, 0.05) is 19.4 Å². The third-order valence-electron chi connectivity index (χ3n) is 12.0. The zero-order valence-corrected chi connectivity index (χ0v) is 42.8. The summed E-state index contributed by atoms with van der Waals surface area (Å²) >= 11 is 0. The minimum absolute atomic E-state index is 0.113. The third kappa shape index (κ3) is 51.0. The fourth-order valence-electron chi connectivity index (χ4n) is 8.16. The highest BCUT2D eigenvalue weighted by Gasteiger charge is 2.15. The van der Waals surface area contributed by atoms with Gasteiger partial charge in [-0.3, -0.25) is 9.59 Å². The number of nitroso groups, excluding NO2 is 1. The molecule has 0 spiro atoms. The molecule has 2 atom stereocenters. The number of hydrogen-bond donors (Lipinski definition) is 0. The highest BCUT2D eigenvalue weighted by Crippen LogP contribution is 2.22. The van der Waals surface area contributed by atoms with E-state index in [1.807, 2.05) is 27.7 Å². The van der Waals surface area contributed by atoms with E-state index in [-0.39, 0.29) is 18.5 Å². The van der Waals surface area contributed by atoms with Crippen LogP contribution in [0.3, 0.4) is 0 Å². The van der Waals surface area contributed by atoms with Crippen molar-refractivity contribution in [2.45, 2.75) is 287 Å². The van der Waals surface area contributed by atoms with Crippen molar-refractivity contribution in [1.29, 1.82) is 0 Å². The lowest BCUT2D eigenvalue weighted by Crippen LogP contribution is -2.29. The Kier molecular flexibility index (Phi) is 59.1. The first-order valence-corrected chi connectivity index (χ1v) is 27.3. The zero-order valence-electron chi connectivity index (χ0n) is 42.8. The van der Waals surface area contributed by atoms with Gasteiger partial charge in [-0.05, 0) is 63.5 Å². The molecule has 7 nitrogen and oxygen atoms in total. The van der Waals surface area contributed by atoms with Crippen molar-refractivity contribution in [3.63, 3.8) is 0 Å². The average molecular weight is 867 g/mol. The molecule has 0 aliphatic carbocycles. The summed E-state index contributed by atoms with van der Waals surface area (Å²) in [6.45, 7) is 20.3. The largest absolute Gasteiger partial charge is 0.465 e. The molecule has 366 valence electrons. The Morgan fingerprint density at radius 3 is 0.918 bits per heavy atom. The highest BCUT2D eigenvalue weighted by atomic mass is 16.5. The Labute approximate surface area is 382 Å². The highest BCUT2D eigenvalue weighted by molar-refractivity contribution is 5.69. The van der Waals surface area contributed by atoms with Gasteiger partial charge in [-0.2, -0.15) is 4.91 Å². The number of rotatable bonds is 47. The molecule has 0 heterocycles. The van der Waals surface area contributed by atoms with Crippen LogP contribution in [0, 0.1) is 16.7 Å². The second-order valence-electron chi connectivity index (χ2n) is 17.6. The van der Waals surface area contributed by atoms with Crippen LogP contribution in [0.15, 0.2) is 5.18 Å². The number of hydrogen-bond acceptors (Lipinski definition) is 7. The molecule has 0 aliphatic heterocycles. The fraction of sp³-hybridized carbons (Fsp3) is 0.963. The number of ether oxygens (including phenoxy) is 2.